The van der Waals surface area contributed by atoms with Crippen molar-refractivity contribution in [2.75, 3.05) is 0 Å². The second-order valence-electron chi connectivity index (χ2n) is 7.16. The van der Waals surface area contributed by atoms with Crippen molar-refractivity contribution < 1.29 is 0 Å². The zero-order chi connectivity index (χ0) is 17.7. The molecule has 0 heterocycles. The van der Waals surface area contributed by atoms with E-state index in [9.17, 15) is 0 Å². The van der Waals surface area contributed by atoms with E-state index >= 15 is 0 Å². The molecule has 0 spiro atoms. The molecule has 0 aliphatic carbocycles. The fourth-order valence-electron chi connectivity index (χ4n) is 4.45. The predicted molar refractivity (Wildman–Crippen MR) is 115 cm³/mol. The summed E-state index contributed by atoms with van der Waals surface area (Å²) in [5, 5.41) is 10.8. The molecule has 0 saturated heterocycles. The third kappa shape index (κ3) is 2.15. The van der Waals surface area contributed by atoms with E-state index in [1.807, 2.05) is 0 Å². The summed E-state index contributed by atoms with van der Waals surface area (Å²) in [6, 6.07) is 27.2. The molecule has 0 aliphatic rings. The Morgan fingerprint density at radius 1 is 0.462 bits per heavy atom. The Kier molecular flexibility index (Phi) is 3.46. The fourth-order valence-corrected chi connectivity index (χ4v) is 4.45. The third-order valence-electron chi connectivity index (χ3n) is 5.78. The Balaban J connectivity index is 2.03. The molecule has 0 saturated carbocycles. The van der Waals surface area contributed by atoms with Gasteiger partial charge in [0.05, 0.1) is 0 Å². The topological polar surface area (TPSA) is 0 Å². The Hall–Kier alpha value is -2.86. The lowest BCUT2D eigenvalue weighted by Crippen LogP contribution is -1.92. The van der Waals surface area contributed by atoms with Crippen LogP contribution < -0.4 is 0 Å². The van der Waals surface area contributed by atoms with E-state index in [1.54, 1.807) is 0 Å². The Morgan fingerprint density at radius 2 is 0.808 bits per heavy atom. The van der Waals surface area contributed by atoms with Crippen molar-refractivity contribution in [1.82, 2.24) is 0 Å². The van der Waals surface area contributed by atoms with Crippen LogP contribution in [0.3, 0.4) is 0 Å². The SMILES string of the molecule is CCc1cc2cc3c4ccccc4c4ccccc4c3cc2cc1CC. The van der Waals surface area contributed by atoms with E-state index in [0.717, 1.165) is 12.8 Å². The molecule has 0 aliphatic heterocycles. The van der Waals surface area contributed by atoms with Gasteiger partial charge in [-0.15, -0.1) is 0 Å². The van der Waals surface area contributed by atoms with E-state index < -0.39 is 0 Å². The number of rotatable bonds is 2. The smallest absolute Gasteiger partial charge is 0.00926 e. The van der Waals surface area contributed by atoms with Crippen molar-refractivity contribution in [2.45, 2.75) is 26.7 Å². The second kappa shape index (κ2) is 5.85. The minimum atomic E-state index is 1.09. The summed E-state index contributed by atoms with van der Waals surface area (Å²) >= 11 is 0. The van der Waals surface area contributed by atoms with Crippen molar-refractivity contribution >= 4 is 43.1 Å². The zero-order valence-electron chi connectivity index (χ0n) is 15.3. The van der Waals surface area contributed by atoms with Gasteiger partial charge in [0.25, 0.3) is 0 Å². The summed E-state index contributed by atoms with van der Waals surface area (Å²) < 4.78 is 0. The molecule has 5 rings (SSSR count). The Labute approximate surface area is 154 Å². The highest BCUT2D eigenvalue weighted by atomic mass is 14.1. The molecule has 0 fully saturated rings. The van der Waals surface area contributed by atoms with Crippen LogP contribution in [-0.2, 0) is 12.8 Å². The van der Waals surface area contributed by atoms with Gasteiger partial charge in [-0.05, 0) is 79.2 Å². The van der Waals surface area contributed by atoms with Gasteiger partial charge < -0.3 is 0 Å². The van der Waals surface area contributed by atoms with Crippen molar-refractivity contribution in [2.24, 2.45) is 0 Å². The summed E-state index contributed by atoms with van der Waals surface area (Å²) in [4.78, 5) is 0. The minimum absolute atomic E-state index is 1.09. The quantitative estimate of drug-likeness (QED) is 0.233. The van der Waals surface area contributed by atoms with Gasteiger partial charge in [0.15, 0.2) is 0 Å². The Morgan fingerprint density at radius 3 is 1.15 bits per heavy atom. The van der Waals surface area contributed by atoms with Crippen LogP contribution in [0.5, 0.6) is 0 Å². The first-order valence-electron chi connectivity index (χ1n) is 9.59. The van der Waals surface area contributed by atoms with Gasteiger partial charge in [-0.2, -0.15) is 0 Å². The molecule has 0 radical (unpaired) electrons. The molecule has 126 valence electrons. The number of benzene rings is 5. The standard InChI is InChI=1S/C26H22/c1-3-17-13-19-15-25-23-11-7-5-9-21(23)22-10-6-8-12-24(22)26(25)16-20(19)14-18(17)4-2/h5-16H,3-4H2,1-2H3. The summed E-state index contributed by atoms with van der Waals surface area (Å²) in [6.45, 7) is 4.51. The number of aryl methyl sites for hydroxylation is 2. The zero-order valence-corrected chi connectivity index (χ0v) is 15.3. The lowest BCUT2D eigenvalue weighted by Gasteiger charge is -2.13. The monoisotopic (exact) mass is 334 g/mol. The molecule has 0 N–H and O–H groups in total. The van der Waals surface area contributed by atoms with Gasteiger partial charge in [-0.25, -0.2) is 0 Å². The molecular formula is C26H22. The van der Waals surface area contributed by atoms with Crippen LogP contribution >= 0.6 is 0 Å². The summed E-state index contributed by atoms with van der Waals surface area (Å²) in [7, 11) is 0. The molecule has 0 unspecified atom stereocenters. The normalized spacial score (nSPS) is 11.8. The van der Waals surface area contributed by atoms with Crippen LogP contribution in [0.1, 0.15) is 25.0 Å². The minimum Gasteiger partial charge on any atom is -0.0616 e. The average Bonchev–Trinajstić information content (AvgIpc) is 2.71. The van der Waals surface area contributed by atoms with Gasteiger partial charge >= 0.3 is 0 Å². The van der Waals surface area contributed by atoms with Gasteiger partial charge in [0, 0.05) is 0 Å². The van der Waals surface area contributed by atoms with Gasteiger partial charge in [0.1, 0.15) is 0 Å². The van der Waals surface area contributed by atoms with Crippen molar-refractivity contribution in [1.29, 1.82) is 0 Å². The molecule has 0 bridgehead atoms. The lowest BCUT2D eigenvalue weighted by molar-refractivity contribution is 1.04. The van der Waals surface area contributed by atoms with E-state index in [2.05, 4.69) is 86.6 Å². The predicted octanol–water partition coefficient (Wildman–Crippen LogP) is 7.42. The third-order valence-corrected chi connectivity index (χ3v) is 5.78. The highest BCUT2D eigenvalue weighted by Crippen LogP contribution is 2.37. The van der Waals surface area contributed by atoms with Gasteiger partial charge in [-0.3, -0.25) is 0 Å². The highest BCUT2D eigenvalue weighted by Gasteiger charge is 2.10. The van der Waals surface area contributed by atoms with Crippen LogP contribution in [0.2, 0.25) is 0 Å². The maximum absolute atomic E-state index is 2.40. The Bertz CT molecular complexity index is 1190. The van der Waals surface area contributed by atoms with Crippen molar-refractivity contribution in [3.05, 3.63) is 83.9 Å². The van der Waals surface area contributed by atoms with E-state index in [4.69, 9.17) is 0 Å². The van der Waals surface area contributed by atoms with Crippen LogP contribution in [0.25, 0.3) is 43.1 Å². The first-order chi connectivity index (χ1) is 12.8. The summed E-state index contributed by atoms with van der Waals surface area (Å²) in [5.74, 6) is 0. The first-order valence-corrected chi connectivity index (χ1v) is 9.59. The molecule has 5 aromatic rings. The fraction of sp³-hybridized carbons (Fsp3) is 0.154. The summed E-state index contributed by atoms with van der Waals surface area (Å²) in [6.07, 6.45) is 2.19. The summed E-state index contributed by atoms with van der Waals surface area (Å²) in [5.41, 5.74) is 2.95. The largest absolute Gasteiger partial charge is 0.0616 e. The number of fused-ring (bicyclic) bond motifs is 7. The molecule has 0 heteroatoms. The number of hydrogen-bond acceptors (Lipinski definition) is 0. The van der Waals surface area contributed by atoms with Crippen LogP contribution in [0, 0.1) is 0 Å². The van der Waals surface area contributed by atoms with E-state index in [1.165, 1.54) is 54.2 Å². The van der Waals surface area contributed by atoms with E-state index in [-0.39, 0.29) is 0 Å². The highest BCUT2D eigenvalue weighted by molar-refractivity contribution is 6.27. The van der Waals surface area contributed by atoms with E-state index in [0.29, 0.717) is 0 Å². The molecule has 0 nitrogen and oxygen atoms in total. The average molecular weight is 334 g/mol. The molecule has 0 amide bonds. The molecule has 5 aromatic carbocycles. The first kappa shape index (κ1) is 15.4. The van der Waals surface area contributed by atoms with Crippen molar-refractivity contribution in [3.63, 3.8) is 0 Å². The molecule has 26 heavy (non-hydrogen) atoms. The van der Waals surface area contributed by atoms with Gasteiger partial charge in [-0.1, -0.05) is 74.5 Å². The lowest BCUT2D eigenvalue weighted by atomic mass is 9.90. The van der Waals surface area contributed by atoms with Crippen LogP contribution in [-0.4, -0.2) is 0 Å². The molecule has 0 atom stereocenters. The number of hydrogen-bond donors (Lipinski definition) is 0. The molecule has 0 aromatic heterocycles. The van der Waals surface area contributed by atoms with Crippen LogP contribution in [0.15, 0.2) is 72.8 Å². The maximum atomic E-state index is 2.40. The van der Waals surface area contributed by atoms with Gasteiger partial charge in [0.2, 0.25) is 0 Å². The maximum Gasteiger partial charge on any atom is -0.00926 e. The molecular weight excluding hydrogens is 312 g/mol. The van der Waals surface area contributed by atoms with Crippen molar-refractivity contribution in [3.8, 4) is 0 Å². The second-order valence-corrected chi connectivity index (χ2v) is 7.16. The van der Waals surface area contributed by atoms with Crippen LogP contribution in [0.4, 0.5) is 0 Å².